The van der Waals surface area contributed by atoms with Gasteiger partial charge in [-0.05, 0) is 74.3 Å². The van der Waals surface area contributed by atoms with Gasteiger partial charge in [-0.15, -0.1) is 0 Å². The summed E-state index contributed by atoms with van der Waals surface area (Å²) < 4.78 is 0. The highest BCUT2D eigenvalue weighted by atomic mass is 16.4. The molecule has 1 amide bonds. The molecule has 5 nitrogen and oxygen atoms in total. The van der Waals surface area contributed by atoms with Crippen molar-refractivity contribution >= 4 is 11.9 Å². The van der Waals surface area contributed by atoms with Crippen LogP contribution >= 0.6 is 0 Å². The minimum absolute atomic E-state index is 0.0474. The number of nitrogens with one attached hydrogen (secondary N) is 1. The number of fused-ring (bicyclic) bond motifs is 5. The molecule has 4 aliphatic carbocycles. The van der Waals surface area contributed by atoms with Gasteiger partial charge in [0.05, 0.1) is 6.10 Å². The van der Waals surface area contributed by atoms with Gasteiger partial charge < -0.3 is 15.5 Å². The second-order valence-electron chi connectivity index (χ2n) is 9.72. The maximum atomic E-state index is 11.9. The van der Waals surface area contributed by atoms with Gasteiger partial charge in [0.2, 0.25) is 0 Å². The van der Waals surface area contributed by atoms with E-state index < -0.39 is 12.2 Å². The SMILES string of the molecule is CC(NC(=O)O)[C@H]1CC[C@H]2[C@@H]3CCC4=CC(=O)C=C[C@]4(C)[C@H]3C(O)C[C@]12C. The second kappa shape index (κ2) is 6.20. The Kier molecular flexibility index (Phi) is 4.30. The molecular formula is C22H31NO4. The molecule has 5 heteroatoms. The predicted molar refractivity (Wildman–Crippen MR) is 102 cm³/mol. The van der Waals surface area contributed by atoms with E-state index in [1.165, 1.54) is 5.57 Å². The number of carbonyl (C=O) groups excluding carboxylic acids is 1. The summed E-state index contributed by atoms with van der Waals surface area (Å²) in [5.74, 6) is 1.37. The topological polar surface area (TPSA) is 86.6 Å². The minimum Gasteiger partial charge on any atom is -0.465 e. The number of amides is 1. The standard InChI is InChI=1S/C22H31NO4/c1-12(23-20(26)27)16-6-7-17-15-5-4-13-10-14(24)8-9-21(13,2)19(15)18(25)11-22(16,17)3/h8-10,12,15-19,23,25H,4-7,11H2,1-3H3,(H,26,27)/t12?,15-,16+,17-,18?,19+,21-,22+/m0/s1. The average molecular weight is 373 g/mol. The van der Waals surface area contributed by atoms with Crippen molar-refractivity contribution in [2.45, 2.75) is 65.0 Å². The van der Waals surface area contributed by atoms with E-state index in [0.29, 0.717) is 18.3 Å². The summed E-state index contributed by atoms with van der Waals surface area (Å²) in [5, 5.41) is 23.1. The fraction of sp³-hybridized carbons (Fsp3) is 0.727. The zero-order valence-electron chi connectivity index (χ0n) is 16.4. The lowest BCUT2D eigenvalue weighted by molar-refractivity contribution is -0.120. The molecule has 0 heterocycles. The van der Waals surface area contributed by atoms with Crippen molar-refractivity contribution in [1.29, 1.82) is 0 Å². The summed E-state index contributed by atoms with van der Waals surface area (Å²) >= 11 is 0. The van der Waals surface area contributed by atoms with Crippen LogP contribution in [0, 0.1) is 34.5 Å². The summed E-state index contributed by atoms with van der Waals surface area (Å²) in [5.41, 5.74) is 0.892. The molecule has 0 aliphatic heterocycles. The summed E-state index contributed by atoms with van der Waals surface area (Å²) in [4.78, 5) is 23.0. The number of rotatable bonds is 2. The third-order valence-electron chi connectivity index (χ3n) is 8.52. The number of hydrogen-bond acceptors (Lipinski definition) is 3. The van der Waals surface area contributed by atoms with Crippen LogP contribution in [0.15, 0.2) is 23.8 Å². The molecule has 0 radical (unpaired) electrons. The van der Waals surface area contributed by atoms with E-state index in [-0.39, 0.29) is 34.5 Å². The van der Waals surface area contributed by atoms with E-state index in [0.717, 1.165) is 25.7 Å². The van der Waals surface area contributed by atoms with Crippen molar-refractivity contribution in [2.75, 3.05) is 0 Å². The van der Waals surface area contributed by atoms with Crippen molar-refractivity contribution in [3.63, 3.8) is 0 Å². The van der Waals surface area contributed by atoms with Crippen LogP contribution in [0.25, 0.3) is 0 Å². The molecule has 4 rings (SSSR count). The quantitative estimate of drug-likeness (QED) is 0.691. The highest BCUT2D eigenvalue weighted by Gasteiger charge is 2.62. The maximum Gasteiger partial charge on any atom is 0.404 e. The van der Waals surface area contributed by atoms with Crippen molar-refractivity contribution in [3.8, 4) is 0 Å². The smallest absolute Gasteiger partial charge is 0.404 e. The molecule has 0 aromatic heterocycles. The molecule has 0 spiro atoms. The van der Waals surface area contributed by atoms with E-state index in [2.05, 4.69) is 19.2 Å². The second-order valence-corrected chi connectivity index (χ2v) is 9.72. The number of aliphatic hydroxyl groups is 1. The highest BCUT2D eigenvalue weighted by molar-refractivity contribution is 6.01. The number of hydrogen-bond donors (Lipinski definition) is 3. The maximum absolute atomic E-state index is 11.9. The molecule has 8 atom stereocenters. The van der Waals surface area contributed by atoms with Gasteiger partial charge in [-0.25, -0.2) is 4.79 Å². The molecule has 2 unspecified atom stereocenters. The summed E-state index contributed by atoms with van der Waals surface area (Å²) in [6.45, 7) is 6.41. The number of ketones is 1. The van der Waals surface area contributed by atoms with Crippen LogP contribution in [0.1, 0.15) is 52.9 Å². The molecule has 0 saturated heterocycles. The number of aliphatic hydroxyl groups excluding tert-OH is 1. The summed E-state index contributed by atoms with van der Waals surface area (Å²) in [6, 6.07) is -0.108. The zero-order chi connectivity index (χ0) is 19.6. The van der Waals surface area contributed by atoms with Crippen molar-refractivity contribution < 1.29 is 19.8 Å². The largest absolute Gasteiger partial charge is 0.465 e. The Balaban J connectivity index is 1.66. The molecule has 0 aromatic rings. The molecule has 27 heavy (non-hydrogen) atoms. The Morgan fingerprint density at radius 1 is 1.30 bits per heavy atom. The van der Waals surface area contributed by atoms with Crippen molar-refractivity contribution in [3.05, 3.63) is 23.8 Å². The number of carbonyl (C=O) groups is 2. The number of allylic oxidation sites excluding steroid dienone is 4. The average Bonchev–Trinajstić information content (AvgIpc) is 2.91. The third kappa shape index (κ3) is 2.69. The Hall–Kier alpha value is -1.62. The molecule has 148 valence electrons. The normalized spacial score (nSPS) is 46.7. The summed E-state index contributed by atoms with van der Waals surface area (Å²) in [6.07, 6.45) is 8.83. The minimum atomic E-state index is -0.972. The lowest BCUT2D eigenvalue weighted by Gasteiger charge is -2.59. The lowest BCUT2D eigenvalue weighted by atomic mass is 9.46. The van der Waals surface area contributed by atoms with E-state index in [1.54, 1.807) is 12.2 Å². The van der Waals surface area contributed by atoms with Gasteiger partial charge in [0.25, 0.3) is 0 Å². The molecule has 3 N–H and O–H groups in total. The molecule has 3 saturated carbocycles. The van der Waals surface area contributed by atoms with Crippen LogP contribution in [0.5, 0.6) is 0 Å². The van der Waals surface area contributed by atoms with E-state index in [9.17, 15) is 14.7 Å². The summed E-state index contributed by atoms with van der Waals surface area (Å²) in [7, 11) is 0. The Morgan fingerprint density at radius 3 is 2.74 bits per heavy atom. The van der Waals surface area contributed by atoms with Gasteiger partial charge in [-0.1, -0.05) is 25.5 Å². The molecular weight excluding hydrogens is 342 g/mol. The van der Waals surface area contributed by atoms with Gasteiger partial charge in [0, 0.05) is 17.4 Å². The third-order valence-corrected chi connectivity index (χ3v) is 8.52. The van der Waals surface area contributed by atoms with Crippen LogP contribution in [0.3, 0.4) is 0 Å². The lowest BCUT2D eigenvalue weighted by Crippen LogP contribution is -2.57. The van der Waals surface area contributed by atoms with E-state index in [4.69, 9.17) is 5.11 Å². The van der Waals surface area contributed by atoms with Gasteiger partial charge in [-0.2, -0.15) is 0 Å². The van der Waals surface area contributed by atoms with Gasteiger partial charge in [0.15, 0.2) is 5.78 Å². The van der Waals surface area contributed by atoms with Crippen LogP contribution in [0.4, 0.5) is 4.79 Å². The fourth-order valence-corrected chi connectivity index (χ4v) is 7.48. The van der Waals surface area contributed by atoms with Crippen LogP contribution in [0.2, 0.25) is 0 Å². The Morgan fingerprint density at radius 2 is 2.04 bits per heavy atom. The van der Waals surface area contributed by atoms with Gasteiger partial charge in [-0.3, -0.25) is 4.79 Å². The first kappa shape index (κ1) is 18.7. The fourth-order valence-electron chi connectivity index (χ4n) is 7.48. The van der Waals surface area contributed by atoms with Crippen molar-refractivity contribution in [1.82, 2.24) is 5.32 Å². The predicted octanol–water partition coefficient (Wildman–Crippen LogP) is 3.54. The molecule has 0 aromatic carbocycles. The highest BCUT2D eigenvalue weighted by Crippen LogP contribution is 2.66. The van der Waals surface area contributed by atoms with E-state index in [1.807, 2.05) is 13.0 Å². The monoisotopic (exact) mass is 373 g/mol. The molecule has 3 fully saturated rings. The number of carboxylic acid groups (broad SMARTS) is 1. The van der Waals surface area contributed by atoms with E-state index >= 15 is 0 Å². The van der Waals surface area contributed by atoms with Crippen LogP contribution in [-0.2, 0) is 4.79 Å². The molecule has 0 bridgehead atoms. The van der Waals surface area contributed by atoms with Crippen LogP contribution < -0.4 is 5.32 Å². The van der Waals surface area contributed by atoms with Gasteiger partial charge in [0.1, 0.15) is 0 Å². The first-order chi connectivity index (χ1) is 12.7. The molecule has 4 aliphatic rings. The van der Waals surface area contributed by atoms with Gasteiger partial charge >= 0.3 is 6.09 Å². The Bertz CT molecular complexity index is 728. The Labute approximate surface area is 160 Å². The first-order valence-corrected chi connectivity index (χ1v) is 10.3. The van der Waals surface area contributed by atoms with Crippen molar-refractivity contribution in [2.24, 2.45) is 34.5 Å². The first-order valence-electron chi connectivity index (χ1n) is 10.3. The zero-order valence-corrected chi connectivity index (χ0v) is 16.4. The van der Waals surface area contributed by atoms with Crippen LogP contribution in [-0.4, -0.2) is 34.2 Å².